The molecule has 2 amide bonds. The first kappa shape index (κ1) is 31.9. The number of amides is 2. The highest BCUT2D eigenvalue weighted by atomic mass is 35.5. The van der Waals surface area contributed by atoms with E-state index in [4.69, 9.17) is 21.1 Å². The summed E-state index contributed by atoms with van der Waals surface area (Å²) in [5.41, 5.74) is -1.06. The van der Waals surface area contributed by atoms with Gasteiger partial charge < -0.3 is 24.4 Å². The van der Waals surface area contributed by atoms with E-state index < -0.39 is 53.6 Å². The van der Waals surface area contributed by atoms with Gasteiger partial charge in [0.05, 0.1) is 30.8 Å². The second-order valence-corrected chi connectivity index (χ2v) is 12.7. The first-order valence-corrected chi connectivity index (χ1v) is 15.7. The van der Waals surface area contributed by atoms with Gasteiger partial charge in [0.15, 0.2) is 0 Å². The summed E-state index contributed by atoms with van der Waals surface area (Å²) in [6, 6.07) is 14.0. The largest absolute Gasteiger partial charge is 0.465 e. The summed E-state index contributed by atoms with van der Waals surface area (Å²) in [5.74, 6) is -3.28. The van der Waals surface area contributed by atoms with Crippen LogP contribution in [-0.4, -0.2) is 64.8 Å². The molecule has 0 radical (unpaired) electrons. The fourth-order valence-corrected chi connectivity index (χ4v) is 7.68. The van der Waals surface area contributed by atoms with E-state index in [-0.39, 0.29) is 25.0 Å². The zero-order valence-corrected chi connectivity index (χ0v) is 26.1. The molecule has 234 valence electrons. The Morgan fingerprint density at radius 1 is 1.16 bits per heavy atom. The number of allylic oxidation sites excluding steroid dienone is 1. The van der Waals surface area contributed by atoms with Crippen LogP contribution in [0.5, 0.6) is 0 Å². The lowest BCUT2D eigenvalue weighted by Crippen LogP contribution is -2.57. The summed E-state index contributed by atoms with van der Waals surface area (Å²) >= 11 is 6.16. The van der Waals surface area contributed by atoms with Gasteiger partial charge >= 0.3 is 5.97 Å². The smallest absolute Gasteiger partial charge is 0.312 e. The average Bonchev–Trinajstić information content (AvgIpc) is 3.53. The molecule has 8 nitrogen and oxygen atoms in total. The van der Waals surface area contributed by atoms with Crippen LogP contribution in [-0.2, 0) is 23.9 Å². The van der Waals surface area contributed by atoms with Crippen molar-refractivity contribution < 1.29 is 29.0 Å². The van der Waals surface area contributed by atoms with Crippen LogP contribution in [0.15, 0.2) is 79.9 Å². The van der Waals surface area contributed by atoms with Crippen molar-refractivity contribution in [3.63, 3.8) is 0 Å². The van der Waals surface area contributed by atoms with E-state index in [0.717, 1.165) is 12.8 Å². The highest BCUT2D eigenvalue weighted by Gasteiger charge is 2.81. The number of carbonyl (C=O) groups is 3. The first-order chi connectivity index (χ1) is 21.1. The average molecular weight is 621 g/mol. The number of halogens is 1. The number of carbonyl (C=O) groups excluding carboxylic acids is 3. The van der Waals surface area contributed by atoms with Crippen LogP contribution in [0.3, 0.4) is 0 Å². The quantitative estimate of drug-likeness (QED) is 0.180. The van der Waals surface area contributed by atoms with E-state index in [1.807, 2.05) is 50.3 Å². The Kier molecular flexibility index (Phi) is 9.35. The Bertz CT molecular complexity index is 1400. The number of aliphatic hydroxyl groups is 1. The molecule has 1 N–H and O–H groups in total. The summed E-state index contributed by atoms with van der Waals surface area (Å²) < 4.78 is 12.6. The van der Waals surface area contributed by atoms with Gasteiger partial charge in [-0.25, -0.2) is 0 Å². The van der Waals surface area contributed by atoms with E-state index in [1.165, 1.54) is 4.90 Å². The topological polar surface area (TPSA) is 96.4 Å². The van der Waals surface area contributed by atoms with E-state index in [2.05, 4.69) is 13.2 Å². The maximum Gasteiger partial charge on any atom is 0.312 e. The summed E-state index contributed by atoms with van der Waals surface area (Å²) in [6.07, 6.45) is 6.16. The van der Waals surface area contributed by atoms with E-state index in [1.54, 1.807) is 35.2 Å². The van der Waals surface area contributed by atoms with Crippen molar-refractivity contribution in [2.75, 3.05) is 24.7 Å². The number of rotatable bonds is 13. The third kappa shape index (κ3) is 5.27. The zero-order valence-electron chi connectivity index (χ0n) is 25.4. The molecule has 7 atom stereocenters. The fourth-order valence-electron chi connectivity index (χ4n) is 7.55. The Hall–Kier alpha value is -3.46. The monoisotopic (exact) mass is 620 g/mol. The van der Waals surface area contributed by atoms with Gasteiger partial charge in [-0.2, -0.15) is 0 Å². The fraction of sp³-hybridized carbons (Fsp3) is 0.457. The van der Waals surface area contributed by atoms with Crippen LogP contribution < -0.4 is 4.90 Å². The molecule has 3 saturated heterocycles. The molecule has 2 aromatic carbocycles. The third-order valence-corrected chi connectivity index (χ3v) is 9.95. The molecule has 5 rings (SSSR count). The van der Waals surface area contributed by atoms with Crippen molar-refractivity contribution >= 4 is 35.1 Å². The second-order valence-electron chi connectivity index (χ2n) is 12.2. The first-order valence-electron chi connectivity index (χ1n) is 15.3. The lowest BCUT2D eigenvalue weighted by Gasteiger charge is -2.39. The molecule has 1 spiro atoms. The molecule has 3 aliphatic heterocycles. The van der Waals surface area contributed by atoms with Crippen LogP contribution in [0.25, 0.3) is 0 Å². The van der Waals surface area contributed by atoms with E-state index in [9.17, 15) is 19.5 Å². The minimum absolute atomic E-state index is 0.146. The molecule has 2 bridgehead atoms. The number of ether oxygens (including phenoxy) is 2. The Morgan fingerprint density at radius 2 is 1.86 bits per heavy atom. The van der Waals surface area contributed by atoms with Crippen molar-refractivity contribution in [2.24, 2.45) is 17.8 Å². The highest BCUT2D eigenvalue weighted by molar-refractivity contribution is 6.30. The molecule has 3 fully saturated rings. The maximum absolute atomic E-state index is 14.9. The molecule has 3 aliphatic rings. The molecule has 2 aromatic rings. The summed E-state index contributed by atoms with van der Waals surface area (Å²) in [4.78, 5) is 46.4. The molecule has 44 heavy (non-hydrogen) atoms. The lowest BCUT2D eigenvalue weighted by molar-refractivity contribution is -0.162. The van der Waals surface area contributed by atoms with Gasteiger partial charge in [-0.3, -0.25) is 14.4 Å². The lowest BCUT2D eigenvalue weighted by atomic mass is 9.62. The number of esters is 1. The van der Waals surface area contributed by atoms with Gasteiger partial charge in [0.2, 0.25) is 5.91 Å². The van der Waals surface area contributed by atoms with Crippen LogP contribution in [0, 0.1) is 17.8 Å². The maximum atomic E-state index is 14.9. The van der Waals surface area contributed by atoms with Crippen molar-refractivity contribution in [1.29, 1.82) is 0 Å². The highest BCUT2D eigenvalue weighted by Crippen LogP contribution is 2.66. The third-order valence-electron chi connectivity index (χ3n) is 9.70. The van der Waals surface area contributed by atoms with Crippen LogP contribution in [0.4, 0.5) is 5.69 Å². The SMILES string of the molecule is C=CCCCCOC(=O)[C@@H]1[C@H]2C(=O)N([C@H](CO)c3ccccc3)C(C(=O)N(CC=C)c3ccc(Cl)cc3)C23CC(C)[C@@]1(C)O3. The molecule has 3 unspecified atom stereocenters. The number of likely N-dealkylation sites (tertiary alicyclic amines) is 1. The van der Waals surface area contributed by atoms with Gasteiger partial charge in [0.25, 0.3) is 5.91 Å². The number of anilines is 1. The Morgan fingerprint density at radius 3 is 2.50 bits per heavy atom. The van der Waals surface area contributed by atoms with Crippen LogP contribution in [0.1, 0.15) is 51.1 Å². The number of fused-ring (bicyclic) bond motifs is 1. The number of hydrogen-bond donors (Lipinski definition) is 1. The summed E-state index contributed by atoms with van der Waals surface area (Å²) in [6.45, 7) is 11.4. The van der Waals surface area contributed by atoms with Gasteiger partial charge in [-0.15, -0.1) is 13.2 Å². The van der Waals surface area contributed by atoms with Crippen LogP contribution >= 0.6 is 11.6 Å². The van der Waals surface area contributed by atoms with Crippen molar-refractivity contribution in [3.8, 4) is 0 Å². The molecule has 0 aliphatic carbocycles. The molecule has 0 aromatic heterocycles. The predicted octanol–water partition coefficient (Wildman–Crippen LogP) is 5.50. The zero-order chi connectivity index (χ0) is 31.6. The van der Waals surface area contributed by atoms with E-state index >= 15 is 0 Å². The van der Waals surface area contributed by atoms with Crippen LogP contribution in [0.2, 0.25) is 5.02 Å². The standard InChI is InChI=1S/C35H41ClN2O6/c1-5-7-8-12-20-43-33(42)29-28-31(40)38(27(22-39)24-13-10-9-11-14-24)30(35(28)21-23(3)34(29,4)44-35)32(41)37(19-6-2)26-17-15-25(36)16-18-26/h5-6,9-11,13-18,23,27-30,39H,1-2,7-8,12,19-22H2,3-4H3/t23?,27-,28+,29+,30?,34-,35?/m1/s1. The second kappa shape index (κ2) is 12.9. The molecular formula is C35H41ClN2O6. The number of nitrogens with zero attached hydrogens (tertiary/aromatic N) is 2. The van der Waals surface area contributed by atoms with Crippen molar-refractivity contribution in [1.82, 2.24) is 4.90 Å². The van der Waals surface area contributed by atoms with Crippen molar-refractivity contribution in [3.05, 3.63) is 90.5 Å². The number of benzene rings is 2. The Labute approximate surface area is 264 Å². The predicted molar refractivity (Wildman–Crippen MR) is 169 cm³/mol. The van der Waals surface area contributed by atoms with Crippen molar-refractivity contribution in [2.45, 2.75) is 62.8 Å². The van der Waals surface area contributed by atoms with Gasteiger partial charge in [0.1, 0.15) is 17.6 Å². The van der Waals surface area contributed by atoms with E-state index in [0.29, 0.717) is 29.1 Å². The minimum atomic E-state index is -1.30. The van der Waals surface area contributed by atoms with Gasteiger partial charge in [-0.1, -0.05) is 61.0 Å². The molecule has 9 heteroatoms. The number of hydrogen-bond acceptors (Lipinski definition) is 6. The molecular weight excluding hydrogens is 580 g/mol. The Balaban J connectivity index is 1.61. The molecule has 0 saturated carbocycles. The van der Waals surface area contributed by atoms with Gasteiger partial charge in [-0.05, 0) is 68.4 Å². The normalized spacial score (nSPS) is 29.3. The molecule has 3 heterocycles. The minimum Gasteiger partial charge on any atom is -0.465 e. The number of aliphatic hydroxyl groups excluding tert-OH is 1. The summed E-state index contributed by atoms with van der Waals surface area (Å²) in [5, 5.41) is 11.3. The number of unbranched alkanes of at least 4 members (excludes halogenated alkanes) is 2. The van der Waals surface area contributed by atoms with Gasteiger partial charge in [0, 0.05) is 17.3 Å². The summed E-state index contributed by atoms with van der Waals surface area (Å²) in [7, 11) is 0.